The Morgan fingerprint density at radius 3 is 2.35 bits per heavy atom. The summed E-state index contributed by atoms with van der Waals surface area (Å²) >= 11 is 0. The molecule has 0 radical (unpaired) electrons. The highest BCUT2D eigenvalue weighted by molar-refractivity contribution is 5.92. The zero-order valence-corrected chi connectivity index (χ0v) is 16.6. The Hall–Kier alpha value is -2.55. The second kappa shape index (κ2) is 4.59. The first-order chi connectivity index (χ1) is 12.3. The number of nitrogens with zero attached hydrogens (tertiary/aromatic N) is 2. The van der Waals surface area contributed by atoms with Gasteiger partial charge in [0.05, 0.1) is 5.56 Å². The van der Waals surface area contributed by atoms with E-state index in [1.807, 2.05) is 6.07 Å². The number of fused-ring (bicyclic) bond motifs is 7. The Balaban J connectivity index is 2.07. The molecule has 0 saturated heterocycles. The molecule has 26 heavy (non-hydrogen) atoms. The lowest BCUT2D eigenvalue weighted by molar-refractivity contribution is -0.736. The molecule has 0 fully saturated rings. The minimum Gasteiger partial charge on any atom is -0.452 e. The van der Waals surface area contributed by atoms with Crippen molar-refractivity contribution in [1.82, 2.24) is 4.40 Å². The van der Waals surface area contributed by atoms with Crippen molar-refractivity contribution < 1.29 is 8.98 Å². The van der Waals surface area contributed by atoms with Gasteiger partial charge in [0.2, 0.25) is 5.69 Å². The number of pyridine rings is 1. The van der Waals surface area contributed by atoms with E-state index < -0.39 is 0 Å². The van der Waals surface area contributed by atoms with E-state index in [2.05, 4.69) is 75.6 Å². The molecule has 0 unspecified atom stereocenters. The summed E-state index contributed by atoms with van der Waals surface area (Å²) < 4.78 is 11.3. The van der Waals surface area contributed by atoms with Gasteiger partial charge in [0.1, 0.15) is 16.8 Å². The minimum absolute atomic E-state index is 0.145. The number of para-hydroxylation sites is 1. The fourth-order valence-electron chi connectivity index (χ4n) is 5.11. The van der Waals surface area contributed by atoms with Gasteiger partial charge in [-0.05, 0) is 58.7 Å². The van der Waals surface area contributed by atoms with Crippen molar-refractivity contribution in [2.24, 2.45) is 0 Å². The average molecular weight is 345 g/mol. The maximum Gasteiger partial charge on any atom is 0.260 e. The summed E-state index contributed by atoms with van der Waals surface area (Å²) in [4.78, 5) is 0. The van der Waals surface area contributed by atoms with Crippen LogP contribution in [0.3, 0.4) is 0 Å². The van der Waals surface area contributed by atoms with Gasteiger partial charge < -0.3 is 4.42 Å². The van der Waals surface area contributed by atoms with Gasteiger partial charge in [-0.15, -0.1) is 0 Å². The predicted molar refractivity (Wildman–Crippen MR) is 105 cm³/mol. The lowest BCUT2D eigenvalue weighted by atomic mass is 9.93. The van der Waals surface area contributed by atoms with Crippen molar-refractivity contribution in [1.29, 1.82) is 0 Å². The largest absolute Gasteiger partial charge is 0.452 e. The van der Waals surface area contributed by atoms with Crippen molar-refractivity contribution in [2.45, 2.75) is 54.0 Å². The molecule has 132 valence electrons. The zero-order chi connectivity index (χ0) is 18.5. The van der Waals surface area contributed by atoms with E-state index in [4.69, 9.17) is 4.42 Å². The molecule has 3 nitrogen and oxygen atoms in total. The van der Waals surface area contributed by atoms with Crippen molar-refractivity contribution in [3.05, 3.63) is 58.0 Å². The van der Waals surface area contributed by atoms with Crippen LogP contribution in [-0.4, -0.2) is 4.40 Å². The number of furan rings is 1. The van der Waals surface area contributed by atoms with E-state index in [0.717, 1.165) is 11.3 Å². The zero-order valence-electron chi connectivity index (χ0n) is 16.6. The summed E-state index contributed by atoms with van der Waals surface area (Å²) in [5, 5.41) is 1.23. The Morgan fingerprint density at radius 1 is 0.923 bits per heavy atom. The number of hydrogen-bond donors (Lipinski definition) is 0. The molecule has 5 rings (SSSR count). The van der Waals surface area contributed by atoms with E-state index in [0.29, 0.717) is 0 Å². The molecule has 1 aliphatic rings. The van der Waals surface area contributed by atoms with Gasteiger partial charge in [-0.1, -0.05) is 18.2 Å². The molecule has 0 amide bonds. The van der Waals surface area contributed by atoms with E-state index in [9.17, 15) is 0 Å². The standard InChI is InChI=1S/C23H25N2O/c1-12-13(2)15(4)24-16(5)25-21(20(24)14(12)3)22-19(23(25,6)7)17-10-8-9-11-18(17)26-22/h8-11H,1-7H3/q+1. The molecule has 3 heteroatoms. The molecule has 0 bridgehead atoms. The summed E-state index contributed by atoms with van der Waals surface area (Å²) in [5.74, 6) is 2.30. The van der Waals surface area contributed by atoms with Gasteiger partial charge in [0.15, 0.2) is 11.3 Å². The van der Waals surface area contributed by atoms with Gasteiger partial charge in [0, 0.05) is 17.9 Å². The molecule has 1 aliphatic heterocycles. The number of aromatic nitrogens is 2. The molecule has 4 heterocycles. The van der Waals surface area contributed by atoms with Crippen LogP contribution in [0.4, 0.5) is 0 Å². The molecule has 4 aromatic rings. The predicted octanol–water partition coefficient (Wildman–Crippen LogP) is 5.28. The van der Waals surface area contributed by atoms with Gasteiger partial charge >= 0.3 is 0 Å². The van der Waals surface area contributed by atoms with Crippen LogP contribution in [0.5, 0.6) is 0 Å². The van der Waals surface area contributed by atoms with E-state index in [1.54, 1.807) is 0 Å². The first-order valence-electron chi connectivity index (χ1n) is 9.33. The second-order valence-electron chi connectivity index (χ2n) is 8.24. The van der Waals surface area contributed by atoms with Crippen molar-refractivity contribution in [3.63, 3.8) is 0 Å². The van der Waals surface area contributed by atoms with Crippen LogP contribution in [0, 0.1) is 34.6 Å². The molecule has 0 spiro atoms. The van der Waals surface area contributed by atoms with Crippen LogP contribution in [0.15, 0.2) is 28.7 Å². The number of hydrogen-bond acceptors (Lipinski definition) is 1. The highest BCUT2D eigenvalue weighted by Gasteiger charge is 2.49. The third-order valence-electron chi connectivity index (χ3n) is 6.66. The number of aryl methyl sites for hydroxylation is 3. The van der Waals surface area contributed by atoms with Crippen LogP contribution in [0.1, 0.15) is 47.6 Å². The molecular weight excluding hydrogens is 320 g/mol. The first kappa shape index (κ1) is 15.7. The smallest absolute Gasteiger partial charge is 0.260 e. The highest BCUT2D eigenvalue weighted by Crippen LogP contribution is 2.47. The molecule has 1 aromatic carbocycles. The molecule has 0 N–H and O–H groups in total. The van der Waals surface area contributed by atoms with E-state index in [-0.39, 0.29) is 5.54 Å². The third kappa shape index (κ3) is 1.53. The van der Waals surface area contributed by atoms with Gasteiger partial charge in [-0.3, -0.25) is 0 Å². The Morgan fingerprint density at radius 2 is 1.62 bits per heavy atom. The van der Waals surface area contributed by atoms with Crippen LogP contribution in [0.2, 0.25) is 0 Å². The second-order valence-corrected chi connectivity index (χ2v) is 8.24. The van der Waals surface area contributed by atoms with E-state index in [1.165, 1.54) is 50.4 Å². The summed E-state index contributed by atoms with van der Waals surface area (Å²) in [6.07, 6.45) is 0. The number of benzene rings is 1. The Kier molecular flexibility index (Phi) is 2.77. The van der Waals surface area contributed by atoms with Gasteiger partial charge in [-0.2, -0.15) is 4.40 Å². The maximum atomic E-state index is 6.42. The molecule has 3 aromatic heterocycles. The average Bonchev–Trinajstić information content (AvgIpc) is 3.20. The van der Waals surface area contributed by atoms with Crippen molar-refractivity contribution in [2.75, 3.05) is 0 Å². The summed E-state index contributed by atoms with van der Waals surface area (Å²) in [6, 6.07) is 8.41. The van der Waals surface area contributed by atoms with Crippen LogP contribution in [0.25, 0.3) is 27.9 Å². The summed E-state index contributed by atoms with van der Waals surface area (Å²) in [5.41, 5.74) is 10.1. The topological polar surface area (TPSA) is 21.4 Å². The fraction of sp³-hybridized carbons (Fsp3) is 0.348. The highest BCUT2D eigenvalue weighted by atomic mass is 16.3. The normalized spacial score (nSPS) is 15.0. The molecule has 0 aliphatic carbocycles. The number of imidazole rings is 1. The SMILES string of the molecule is Cc1c(C)c(C)n2c(C)[n+]3c(c2c1C)-c1oc2ccccc2c1C3(C)C. The molecular formula is C23H25N2O+. The quantitative estimate of drug-likeness (QED) is 0.397. The van der Waals surface area contributed by atoms with Crippen molar-refractivity contribution >= 4 is 16.5 Å². The number of rotatable bonds is 0. The summed E-state index contributed by atoms with van der Waals surface area (Å²) in [6.45, 7) is 15.8. The lowest BCUT2D eigenvalue weighted by Crippen LogP contribution is -2.52. The van der Waals surface area contributed by atoms with E-state index >= 15 is 0 Å². The lowest BCUT2D eigenvalue weighted by Gasteiger charge is -2.18. The molecule has 0 atom stereocenters. The fourth-order valence-corrected chi connectivity index (χ4v) is 5.11. The van der Waals surface area contributed by atoms with Crippen LogP contribution in [-0.2, 0) is 5.54 Å². The minimum atomic E-state index is -0.145. The maximum absolute atomic E-state index is 6.42. The third-order valence-corrected chi connectivity index (χ3v) is 6.66. The Labute approximate surface area is 153 Å². The summed E-state index contributed by atoms with van der Waals surface area (Å²) in [7, 11) is 0. The van der Waals surface area contributed by atoms with Gasteiger partial charge in [-0.25, -0.2) is 4.57 Å². The monoisotopic (exact) mass is 345 g/mol. The van der Waals surface area contributed by atoms with Crippen molar-refractivity contribution in [3.8, 4) is 11.5 Å². The first-order valence-corrected chi connectivity index (χ1v) is 9.33. The van der Waals surface area contributed by atoms with Gasteiger partial charge in [0.25, 0.3) is 5.82 Å². The Bertz CT molecular complexity index is 1250. The van der Waals surface area contributed by atoms with Crippen LogP contribution >= 0.6 is 0 Å². The van der Waals surface area contributed by atoms with Crippen LogP contribution < -0.4 is 4.57 Å². The molecule has 0 saturated carbocycles.